The number of aryl methyl sites for hydroxylation is 1. The maximum atomic E-state index is 14.1. The molecule has 3 rings (SSSR count). The van der Waals surface area contributed by atoms with Gasteiger partial charge in [-0.15, -0.1) is 11.3 Å². The molecule has 3 heterocycles. The van der Waals surface area contributed by atoms with Crippen LogP contribution in [0.4, 0.5) is 27.0 Å². The predicted molar refractivity (Wildman–Crippen MR) is 107 cm³/mol. The van der Waals surface area contributed by atoms with Crippen LogP contribution in [0.25, 0.3) is 5.65 Å². The maximum absolute atomic E-state index is 14.1. The molecule has 3 aromatic heterocycles. The van der Waals surface area contributed by atoms with Crippen molar-refractivity contribution >= 4 is 39.8 Å². The minimum atomic E-state index is -5.92. The molecule has 0 bridgehead atoms. The maximum Gasteiger partial charge on any atom is 0.459 e. The molecule has 0 aliphatic rings. The number of halogens is 5. The summed E-state index contributed by atoms with van der Waals surface area (Å²) >= 11 is 0.679. The van der Waals surface area contributed by atoms with Gasteiger partial charge >= 0.3 is 24.0 Å². The third-order valence-electron chi connectivity index (χ3n) is 4.60. The Morgan fingerprint density at radius 3 is 2.21 bits per heavy atom. The zero-order valence-corrected chi connectivity index (χ0v) is 18.7. The van der Waals surface area contributed by atoms with E-state index in [1.807, 2.05) is 0 Å². The molecule has 0 unspecified atom stereocenters. The molecular weight excluding hydrogens is 491 g/mol. The molecule has 34 heavy (non-hydrogen) atoms. The van der Waals surface area contributed by atoms with Crippen molar-refractivity contribution in [3.63, 3.8) is 0 Å². The van der Waals surface area contributed by atoms with Gasteiger partial charge in [-0.25, -0.2) is 19.1 Å². The van der Waals surface area contributed by atoms with Crippen molar-refractivity contribution in [2.75, 3.05) is 19.5 Å². The highest BCUT2D eigenvalue weighted by Gasteiger charge is 2.60. The highest BCUT2D eigenvalue weighted by Crippen LogP contribution is 2.44. The SMILES string of the molecule is COC(=O)c1sc(NC(=O)c2cc3nc(C)cc(C(F)(F)C(F)(F)F)n3n2)c(C(=O)OC)c1C. The highest BCUT2D eigenvalue weighted by molar-refractivity contribution is 7.18. The summed E-state index contributed by atoms with van der Waals surface area (Å²) in [6, 6.07) is 1.41. The van der Waals surface area contributed by atoms with Gasteiger partial charge in [0, 0.05) is 11.8 Å². The van der Waals surface area contributed by atoms with Crippen LogP contribution in [0.2, 0.25) is 0 Å². The lowest BCUT2D eigenvalue weighted by Gasteiger charge is -2.20. The van der Waals surface area contributed by atoms with Gasteiger partial charge in [-0.3, -0.25) is 4.79 Å². The van der Waals surface area contributed by atoms with Gasteiger partial charge in [0.15, 0.2) is 11.3 Å². The van der Waals surface area contributed by atoms with Crippen molar-refractivity contribution in [3.8, 4) is 0 Å². The molecule has 0 fully saturated rings. The van der Waals surface area contributed by atoms with E-state index in [0.717, 1.165) is 20.3 Å². The fraction of sp³-hybridized carbons (Fsp3) is 0.316. The number of methoxy groups -OCH3 is 2. The van der Waals surface area contributed by atoms with Crippen LogP contribution < -0.4 is 5.32 Å². The molecule has 0 saturated heterocycles. The van der Waals surface area contributed by atoms with Gasteiger partial charge in [0.25, 0.3) is 5.91 Å². The lowest BCUT2D eigenvalue weighted by atomic mass is 10.1. The Morgan fingerprint density at radius 1 is 1.03 bits per heavy atom. The number of fused-ring (bicyclic) bond motifs is 1. The average Bonchev–Trinajstić information content (AvgIpc) is 3.32. The first kappa shape index (κ1) is 25.0. The summed E-state index contributed by atoms with van der Waals surface area (Å²) in [6.45, 7) is 2.61. The summed E-state index contributed by atoms with van der Waals surface area (Å²) in [7, 11) is 2.18. The summed E-state index contributed by atoms with van der Waals surface area (Å²) < 4.78 is 76.5. The van der Waals surface area contributed by atoms with Gasteiger partial charge in [-0.2, -0.15) is 27.1 Å². The summed E-state index contributed by atoms with van der Waals surface area (Å²) in [5, 5.41) is 5.73. The Bertz CT molecular complexity index is 1310. The Kier molecular flexibility index (Phi) is 6.34. The fourth-order valence-corrected chi connectivity index (χ4v) is 4.09. The van der Waals surface area contributed by atoms with Crippen LogP contribution in [0, 0.1) is 13.8 Å². The number of hydrogen-bond donors (Lipinski definition) is 1. The van der Waals surface area contributed by atoms with Crippen molar-refractivity contribution in [1.82, 2.24) is 14.6 Å². The van der Waals surface area contributed by atoms with E-state index >= 15 is 0 Å². The van der Waals surface area contributed by atoms with Gasteiger partial charge in [0.2, 0.25) is 0 Å². The highest BCUT2D eigenvalue weighted by atomic mass is 32.1. The van der Waals surface area contributed by atoms with Crippen LogP contribution in [-0.4, -0.2) is 52.8 Å². The fourth-order valence-electron chi connectivity index (χ4n) is 2.98. The summed E-state index contributed by atoms with van der Waals surface area (Å²) in [6.07, 6.45) is -5.92. The zero-order chi connectivity index (χ0) is 25.6. The molecule has 0 aliphatic carbocycles. The molecule has 1 N–H and O–H groups in total. The lowest BCUT2D eigenvalue weighted by Crippen LogP contribution is -2.36. The zero-order valence-electron chi connectivity index (χ0n) is 17.8. The van der Waals surface area contributed by atoms with E-state index in [4.69, 9.17) is 0 Å². The van der Waals surface area contributed by atoms with Crippen molar-refractivity contribution in [1.29, 1.82) is 0 Å². The van der Waals surface area contributed by atoms with Crippen LogP contribution >= 0.6 is 11.3 Å². The second-order valence-corrected chi connectivity index (χ2v) is 7.87. The normalized spacial score (nSPS) is 12.0. The molecular formula is C19H15F5N4O5S. The third kappa shape index (κ3) is 4.18. The van der Waals surface area contributed by atoms with Gasteiger partial charge < -0.3 is 14.8 Å². The predicted octanol–water partition coefficient (Wildman–Crippen LogP) is 3.89. The topological polar surface area (TPSA) is 112 Å². The van der Waals surface area contributed by atoms with E-state index in [1.54, 1.807) is 0 Å². The Labute approximate surface area is 191 Å². The first-order valence-electron chi connectivity index (χ1n) is 9.16. The molecule has 1 amide bonds. The number of amides is 1. The van der Waals surface area contributed by atoms with E-state index < -0.39 is 47.0 Å². The molecule has 182 valence electrons. The van der Waals surface area contributed by atoms with Crippen LogP contribution in [0.5, 0.6) is 0 Å². The smallest absolute Gasteiger partial charge is 0.459 e. The van der Waals surface area contributed by atoms with E-state index in [1.165, 1.54) is 13.8 Å². The van der Waals surface area contributed by atoms with Crippen molar-refractivity contribution < 1.29 is 45.8 Å². The largest absolute Gasteiger partial charge is 0.465 e. The van der Waals surface area contributed by atoms with Crippen LogP contribution in [0.15, 0.2) is 12.1 Å². The Balaban J connectivity index is 2.08. The molecule has 9 nitrogen and oxygen atoms in total. The van der Waals surface area contributed by atoms with Crippen molar-refractivity contribution in [2.45, 2.75) is 25.9 Å². The molecule has 0 atom stereocenters. The number of alkyl halides is 5. The average molecular weight is 506 g/mol. The molecule has 0 saturated carbocycles. The molecule has 0 aliphatic heterocycles. The quantitative estimate of drug-likeness (QED) is 0.413. The first-order chi connectivity index (χ1) is 15.7. The summed E-state index contributed by atoms with van der Waals surface area (Å²) in [4.78, 5) is 40.7. The Hall–Kier alpha value is -3.62. The number of nitrogens with one attached hydrogen (secondary N) is 1. The summed E-state index contributed by atoms with van der Waals surface area (Å²) in [5.41, 5.74) is -2.71. The number of anilines is 1. The molecule has 0 spiro atoms. The molecule has 0 aromatic carbocycles. The minimum absolute atomic E-state index is 0.0161. The number of ether oxygens (including phenoxy) is 2. The Morgan fingerprint density at radius 2 is 1.65 bits per heavy atom. The van der Waals surface area contributed by atoms with Crippen molar-refractivity contribution in [3.05, 3.63) is 45.2 Å². The standard InChI is InChI=1S/C19H15F5N4O5S/c1-7-5-10(18(20,21)19(22,23)24)28-11(25-7)6-9(27-28)14(29)26-15-12(16(30)32-3)8(2)13(34-15)17(31)33-4/h5-6H,1-4H3,(H,26,29). The van der Waals surface area contributed by atoms with Gasteiger partial charge in [-0.05, 0) is 25.5 Å². The third-order valence-corrected chi connectivity index (χ3v) is 5.79. The molecule has 15 heteroatoms. The number of carbonyl (C=O) groups excluding carboxylic acids is 3. The van der Waals surface area contributed by atoms with E-state index in [-0.39, 0.29) is 31.2 Å². The van der Waals surface area contributed by atoms with Gasteiger partial charge in [0.05, 0.1) is 19.8 Å². The summed E-state index contributed by atoms with van der Waals surface area (Å²) in [5.74, 6) is -8.03. The number of esters is 2. The second-order valence-electron chi connectivity index (χ2n) is 6.85. The van der Waals surface area contributed by atoms with E-state index in [0.29, 0.717) is 17.4 Å². The van der Waals surface area contributed by atoms with Gasteiger partial charge in [-0.1, -0.05) is 0 Å². The van der Waals surface area contributed by atoms with E-state index in [2.05, 4.69) is 24.9 Å². The number of nitrogens with zero attached hydrogens (tertiary/aromatic N) is 3. The monoisotopic (exact) mass is 506 g/mol. The van der Waals surface area contributed by atoms with Gasteiger partial charge in [0.1, 0.15) is 15.6 Å². The lowest BCUT2D eigenvalue weighted by molar-refractivity contribution is -0.291. The number of aromatic nitrogens is 3. The van der Waals surface area contributed by atoms with Crippen LogP contribution in [0.3, 0.4) is 0 Å². The molecule has 0 radical (unpaired) electrons. The first-order valence-corrected chi connectivity index (χ1v) is 9.98. The van der Waals surface area contributed by atoms with Crippen LogP contribution in [0.1, 0.15) is 47.5 Å². The number of hydrogen-bond acceptors (Lipinski definition) is 8. The second kappa shape index (κ2) is 8.62. The van der Waals surface area contributed by atoms with E-state index in [9.17, 15) is 36.3 Å². The molecule has 3 aromatic rings. The number of thiophene rings is 1. The van der Waals surface area contributed by atoms with Crippen LogP contribution in [-0.2, 0) is 15.4 Å². The minimum Gasteiger partial charge on any atom is -0.465 e. The number of rotatable bonds is 5. The van der Waals surface area contributed by atoms with Crippen molar-refractivity contribution in [2.24, 2.45) is 0 Å². The number of carbonyl (C=O) groups is 3.